The summed E-state index contributed by atoms with van der Waals surface area (Å²) >= 11 is 0. The first-order chi connectivity index (χ1) is 7.26. The summed E-state index contributed by atoms with van der Waals surface area (Å²) in [4.78, 5) is 2.59. The zero-order chi connectivity index (χ0) is 11.1. The predicted octanol–water partition coefficient (Wildman–Crippen LogP) is 2.50. The Hall–Kier alpha value is -0.0800. The van der Waals surface area contributed by atoms with Crippen LogP contribution in [0.5, 0.6) is 0 Å². The van der Waals surface area contributed by atoms with Crippen LogP contribution in [-0.2, 0) is 0 Å². The first kappa shape index (κ1) is 13.0. The minimum atomic E-state index is 0.689. The van der Waals surface area contributed by atoms with Gasteiger partial charge in [-0.15, -0.1) is 0 Å². The molecule has 0 radical (unpaired) electrons. The van der Waals surface area contributed by atoms with Crippen LogP contribution in [-0.4, -0.2) is 37.1 Å². The normalized spacial score (nSPS) is 18.4. The Morgan fingerprint density at radius 3 is 2.60 bits per heavy atom. The van der Waals surface area contributed by atoms with Crippen LogP contribution in [0.4, 0.5) is 0 Å². The first-order valence-corrected chi connectivity index (χ1v) is 6.72. The third kappa shape index (κ3) is 6.16. The Bertz CT molecular complexity index is 155. The van der Waals surface area contributed by atoms with E-state index in [4.69, 9.17) is 0 Å². The molecule has 1 N–H and O–H groups in total. The molecule has 0 aromatic carbocycles. The van der Waals surface area contributed by atoms with E-state index in [0.717, 1.165) is 12.5 Å². The summed E-state index contributed by atoms with van der Waals surface area (Å²) < 4.78 is 0. The zero-order valence-electron chi connectivity index (χ0n) is 10.8. The molecule has 0 spiro atoms. The molecular formula is C13H28N2. The zero-order valence-corrected chi connectivity index (χ0v) is 10.8. The fourth-order valence-corrected chi connectivity index (χ4v) is 2.05. The molecule has 1 fully saturated rings. The summed E-state index contributed by atoms with van der Waals surface area (Å²) in [5.41, 5.74) is 0. The van der Waals surface area contributed by atoms with Crippen LogP contribution in [0.2, 0.25) is 0 Å². The van der Waals surface area contributed by atoms with Crippen molar-refractivity contribution in [1.82, 2.24) is 10.2 Å². The molecule has 1 atom stereocenters. The highest BCUT2D eigenvalue weighted by Gasteiger charge is 2.23. The molecule has 2 nitrogen and oxygen atoms in total. The Morgan fingerprint density at radius 2 is 2.07 bits per heavy atom. The first-order valence-electron chi connectivity index (χ1n) is 6.72. The van der Waals surface area contributed by atoms with E-state index in [2.05, 4.69) is 31.0 Å². The molecule has 1 rings (SSSR count). The van der Waals surface area contributed by atoms with E-state index >= 15 is 0 Å². The van der Waals surface area contributed by atoms with Crippen molar-refractivity contribution in [3.63, 3.8) is 0 Å². The quantitative estimate of drug-likeness (QED) is 0.632. The molecule has 0 aromatic heterocycles. The van der Waals surface area contributed by atoms with Crippen molar-refractivity contribution in [2.24, 2.45) is 5.92 Å². The van der Waals surface area contributed by atoms with Gasteiger partial charge in [0.05, 0.1) is 0 Å². The topological polar surface area (TPSA) is 15.3 Å². The van der Waals surface area contributed by atoms with Gasteiger partial charge in [0.2, 0.25) is 0 Å². The second kappa shape index (κ2) is 7.24. The SMILES string of the molecule is CCCC(C)NCCN(CC)CC1CC1. The summed E-state index contributed by atoms with van der Waals surface area (Å²) in [6, 6.07) is 0.689. The Labute approximate surface area is 95.4 Å². The molecule has 0 aliphatic heterocycles. The summed E-state index contributed by atoms with van der Waals surface area (Å²) in [5.74, 6) is 1.03. The standard InChI is InChI=1S/C13H28N2/c1-4-6-12(3)14-9-10-15(5-2)11-13-7-8-13/h12-14H,4-11H2,1-3H3. The minimum Gasteiger partial charge on any atom is -0.313 e. The highest BCUT2D eigenvalue weighted by atomic mass is 15.1. The molecule has 0 aromatic rings. The van der Waals surface area contributed by atoms with Crippen molar-refractivity contribution < 1.29 is 0 Å². The van der Waals surface area contributed by atoms with Crippen LogP contribution in [0, 0.1) is 5.92 Å². The van der Waals surface area contributed by atoms with Crippen molar-refractivity contribution in [3.8, 4) is 0 Å². The largest absolute Gasteiger partial charge is 0.313 e. The van der Waals surface area contributed by atoms with Gasteiger partial charge in [0.25, 0.3) is 0 Å². The average molecular weight is 212 g/mol. The van der Waals surface area contributed by atoms with Gasteiger partial charge in [0.15, 0.2) is 0 Å². The van der Waals surface area contributed by atoms with Crippen LogP contribution >= 0.6 is 0 Å². The van der Waals surface area contributed by atoms with Gasteiger partial charge in [0, 0.05) is 25.7 Å². The molecule has 0 saturated heterocycles. The third-order valence-corrected chi connectivity index (χ3v) is 3.30. The predicted molar refractivity (Wildman–Crippen MR) is 67.2 cm³/mol. The van der Waals surface area contributed by atoms with Gasteiger partial charge >= 0.3 is 0 Å². The van der Waals surface area contributed by atoms with E-state index in [-0.39, 0.29) is 0 Å². The minimum absolute atomic E-state index is 0.689. The lowest BCUT2D eigenvalue weighted by atomic mass is 10.2. The van der Waals surface area contributed by atoms with Crippen molar-refractivity contribution in [3.05, 3.63) is 0 Å². The number of hydrogen-bond acceptors (Lipinski definition) is 2. The van der Waals surface area contributed by atoms with Gasteiger partial charge in [-0.3, -0.25) is 0 Å². The highest BCUT2D eigenvalue weighted by Crippen LogP contribution is 2.29. The lowest BCUT2D eigenvalue weighted by Gasteiger charge is -2.21. The fourth-order valence-electron chi connectivity index (χ4n) is 2.05. The van der Waals surface area contributed by atoms with Gasteiger partial charge in [0.1, 0.15) is 0 Å². The second-order valence-corrected chi connectivity index (χ2v) is 4.98. The molecule has 1 aliphatic carbocycles. The van der Waals surface area contributed by atoms with E-state index < -0.39 is 0 Å². The van der Waals surface area contributed by atoms with Crippen LogP contribution in [0.15, 0.2) is 0 Å². The van der Waals surface area contributed by atoms with Gasteiger partial charge in [-0.1, -0.05) is 20.3 Å². The van der Waals surface area contributed by atoms with Crippen molar-refractivity contribution >= 4 is 0 Å². The Kier molecular flexibility index (Phi) is 6.26. The fraction of sp³-hybridized carbons (Fsp3) is 1.00. The molecule has 1 saturated carbocycles. The number of likely N-dealkylation sites (N-methyl/N-ethyl adjacent to an activating group) is 1. The Balaban J connectivity index is 2.00. The van der Waals surface area contributed by atoms with Crippen molar-refractivity contribution in [2.75, 3.05) is 26.2 Å². The van der Waals surface area contributed by atoms with Crippen molar-refractivity contribution in [2.45, 2.75) is 52.5 Å². The molecular weight excluding hydrogens is 184 g/mol. The van der Waals surface area contributed by atoms with Crippen LogP contribution in [0.25, 0.3) is 0 Å². The summed E-state index contributed by atoms with van der Waals surface area (Å²) in [7, 11) is 0. The van der Waals surface area contributed by atoms with Crippen LogP contribution < -0.4 is 5.32 Å². The molecule has 0 heterocycles. The monoisotopic (exact) mass is 212 g/mol. The summed E-state index contributed by atoms with van der Waals surface area (Å²) in [6.07, 6.45) is 5.52. The molecule has 0 bridgehead atoms. The van der Waals surface area contributed by atoms with E-state index in [1.165, 1.54) is 45.3 Å². The highest BCUT2D eigenvalue weighted by molar-refractivity contribution is 4.77. The second-order valence-electron chi connectivity index (χ2n) is 4.98. The summed E-state index contributed by atoms with van der Waals surface area (Å²) in [6.45, 7) is 11.7. The number of rotatable bonds is 9. The van der Waals surface area contributed by atoms with Gasteiger partial charge in [-0.05, 0) is 38.6 Å². The lowest BCUT2D eigenvalue weighted by molar-refractivity contribution is 0.271. The number of hydrogen-bond donors (Lipinski definition) is 1. The maximum absolute atomic E-state index is 3.60. The molecule has 15 heavy (non-hydrogen) atoms. The Morgan fingerprint density at radius 1 is 1.33 bits per heavy atom. The molecule has 90 valence electrons. The summed E-state index contributed by atoms with van der Waals surface area (Å²) in [5, 5.41) is 3.60. The molecule has 2 heteroatoms. The van der Waals surface area contributed by atoms with E-state index in [9.17, 15) is 0 Å². The molecule has 0 amide bonds. The van der Waals surface area contributed by atoms with Crippen LogP contribution in [0.3, 0.4) is 0 Å². The number of nitrogens with one attached hydrogen (secondary N) is 1. The van der Waals surface area contributed by atoms with Gasteiger partial charge < -0.3 is 10.2 Å². The van der Waals surface area contributed by atoms with Crippen LogP contribution in [0.1, 0.15) is 46.5 Å². The van der Waals surface area contributed by atoms with Gasteiger partial charge in [-0.25, -0.2) is 0 Å². The maximum atomic E-state index is 3.60. The van der Waals surface area contributed by atoms with E-state index in [1.807, 2.05) is 0 Å². The third-order valence-electron chi connectivity index (χ3n) is 3.30. The molecule has 1 unspecified atom stereocenters. The number of nitrogens with zero attached hydrogens (tertiary/aromatic N) is 1. The lowest BCUT2D eigenvalue weighted by Crippen LogP contribution is -2.36. The smallest absolute Gasteiger partial charge is 0.0107 e. The van der Waals surface area contributed by atoms with Gasteiger partial charge in [-0.2, -0.15) is 0 Å². The van der Waals surface area contributed by atoms with Crippen molar-refractivity contribution in [1.29, 1.82) is 0 Å². The molecule has 1 aliphatic rings. The van der Waals surface area contributed by atoms with E-state index in [1.54, 1.807) is 0 Å². The van der Waals surface area contributed by atoms with E-state index in [0.29, 0.717) is 6.04 Å². The maximum Gasteiger partial charge on any atom is 0.0107 e. The average Bonchev–Trinajstić information content (AvgIpc) is 3.00.